The topological polar surface area (TPSA) is 96.9 Å². The van der Waals surface area contributed by atoms with Crippen LogP contribution in [-0.2, 0) is 6.42 Å². The van der Waals surface area contributed by atoms with Crippen LogP contribution in [0.4, 0.5) is 11.6 Å². The van der Waals surface area contributed by atoms with E-state index in [9.17, 15) is 0 Å². The van der Waals surface area contributed by atoms with Gasteiger partial charge in [-0.1, -0.05) is 6.92 Å². The summed E-state index contributed by atoms with van der Waals surface area (Å²) in [4.78, 5) is 17.6. The van der Waals surface area contributed by atoms with E-state index in [0.717, 1.165) is 60.4 Å². The first-order chi connectivity index (χ1) is 14.7. The molecule has 4 rings (SSSR count). The highest BCUT2D eigenvalue weighted by atomic mass is 32.1. The molecule has 0 spiro atoms. The number of hydrogen-bond acceptors (Lipinski definition) is 8. The molecule has 3 aromatic heterocycles. The number of anilines is 2. The van der Waals surface area contributed by atoms with Crippen molar-refractivity contribution in [2.24, 2.45) is 0 Å². The number of nitrogens with one attached hydrogen (secondary N) is 3. The van der Waals surface area contributed by atoms with Crippen molar-refractivity contribution in [3.8, 4) is 17.0 Å². The van der Waals surface area contributed by atoms with Gasteiger partial charge < -0.3 is 20.7 Å². The SMILES string of the molecule is CNCCNc1ccc(-c2cc(NC[C@@H](C)c3ccnc4c3OCC4)ncn2)cn1.S. The summed E-state index contributed by atoms with van der Waals surface area (Å²) < 4.78 is 5.79. The number of rotatable bonds is 9. The van der Waals surface area contributed by atoms with Gasteiger partial charge in [-0.3, -0.25) is 4.98 Å². The van der Waals surface area contributed by atoms with E-state index in [0.29, 0.717) is 6.61 Å². The summed E-state index contributed by atoms with van der Waals surface area (Å²) >= 11 is 0. The smallest absolute Gasteiger partial charge is 0.144 e. The highest BCUT2D eigenvalue weighted by Gasteiger charge is 2.20. The highest BCUT2D eigenvalue weighted by molar-refractivity contribution is 7.59. The normalized spacial score (nSPS) is 13.0. The molecule has 1 atom stereocenters. The van der Waals surface area contributed by atoms with Crippen molar-refractivity contribution in [2.45, 2.75) is 19.3 Å². The van der Waals surface area contributed by atoms with Gasteiger partial charge in [0.1, 0.15) is 23.7 Å². The predicted molar refractivity (Wildman–Crippen MR) is 128 cm³/mol. The molecular weight excluding hydrogens is 410 g/mol. The number of pyridine rings is 2. The first-order valence-electron chi connectivity index (χ1n) is 10.3. The third-order valence-corrected chi connectivity index (χ3v) is 5.12. The fourth-order valence-electron chi connectivity index (χ4n) is 3.44. The molecule has 9 heteroatoms. The monoisotopic (exact) mass is 439 g/mol. The van der Waals surface area contributed by atoms with Crippen LogP contribution in [0.25, 0.3) is 11.3 Å². The van der Waals surface area contributed by atoms with E-state index in [1.165, 1.54) is 5.56 Å². The molecule has 0 aromatic carbocycles. The number of nitrogens with zero attached hydrogens (tertiary/aromatic N) is 4. The molecule has 3 N–H and O–H groups in total. The van der Waals surface area contributed by atoms with Gasteiger partial charge in [0.2, 0.25) is 0 Å². The first kappa shape index (κ1) is 22.8. The van der Waals surface area contributed by atoms with Crippen LogP contribution < -0.4 is 20.7 Å². The van der Waals surface area contributed by atoms with E-state index >= 15 is 0 Å². The van der Waals surface area contributed by atoms with Crippen molar-refractivity contribution in [2.75, 3.05) is 43.9 Å². The van der Waals surface area contributed by atoms with E-state index in [1.807, 2.05) is 43.7 Å². The second kappa shape index (κ2) is 10.9. The fraction of sp³-hybridized carbons (Fsp3) is 0.364. The van der Waals surface area contributed by atoms with Crippen LogP contribution in [0.3, 0.4) is 0 Å². The zero-order valence-corrected chi connectivity index (χ0v) is 18.9. The summed E-state index contributed by atoms with van der Waals surface area (Å²) in [5.74, 6) is 2.85. The Balaban J connectivity index is 0.00000272. The van der Waals surface area contributed by atoms with E-state index < -0.39 is 0 Å². The molecule has 164 valence electrons. The molecular formula is C22H29N7OS. The summed E-state index contributed by atoms with van der Waals surface area (Å²) in [5, 5.41) is 9.79. The van der Waals surface area contributed by atoms with Crippen molar-refractivity contribution >= 4 is 25.1 Å². The van der Waals surface area contributed by atoms with Crippen molar-refractivity contribution in [1.29, 1.82) is 0 Å². The Morgan fingerprint density at radius 2 is 1.94 bits per heavy atom. The van der Waals surface area contributed by atoms with Crippen molar-refractivity contribution in [3.05, 3.63) is 54.2 Å². The maximum atomic E-state index is 5.79. The predicted octanol–water partition coefficient (Wildman–Crippen LogP) is 2.83. The molecule has 1 aliphatic rings. The van der Waals surface area contributed by atoms with E-state index in [2.05, 4.69) is 42.8 Å². The molecule has 0 amide bonds. The van der Waals surface area contributed by atoms with Crippen molar-refractivity contribution in [3.63, 3.8) is 0 Å². The van der Waals surface area contributed by atoms with Crippen LogP contribution in [0, 0.1) is 0 Å². The van der Waals surface area contributed by atoms with E-state index in [4.69, 9.17) is 4.74 Å². The van der Waals surface area contributed by atoms with Gasteiger partial charge in [0.05, 0.1) is 18.0 Å². The Labute approximate surface area is 189 Å². The number of ether oxygens (including phenoxy) is 1. The Morgan fingerprint density at radius 3 is 2.74 bits per heavy atom. The second-order valence-electron chi connectivity index (χ2n) is 7.31. The molecule has 4 heterocycles. The van der Waals surface area contributed by atoms with Gasteiger partial charge in [0.15, 0.2) is 0 Å². The molecule has 0 saturated heterocycles. The lowest BCUT2D eigenvalue weighted by Gasteiger charge is -2.16. The lowest BCUT2D eigenvalue weighted by atomic mass is 10.00. The molecule has 0 fully saturated rings. The fourth-order valence-corrected chi connectivity index (χ4v) is 3.44. The Hall–Kier alpha value is -2.91. The summed E-state index contributed by atoms with van der Waals surface area (Å²) in [6, 6.07) is 7.97. The summed E-state index contributed by atoms with van der Waals surface area (Å²) in [6.45, 7) is 5.34. The van der Waals surface area contributed by atoms with Crippen LogP contribution in [-0.4, -0.2) is 53.2 Å². The van der Waals surface area contributed by atoms with Gasteiger partial charge in [-0.25, -0.2) is 15.0 Å². The molecule has 0 bridgehead atoms. The number of aromatic nitrogens is 4. The third-order valence-electron chi connectivity index (χ3n) is 5.12. The van der Waals surface area contributed by atoms with Crippen molar-refractivity contribution < 1.29 is 4.74 Å². The lowest BCUT2D eigenvalue weighted by molar-refractivity contribution is 0.352. The molecule has 0 saturated carbocycles. The second-order valence-corrected chi connectivity index (χ2v) is 7.31. The van der Waals surface area contributed by atoms with Crippen LogP contribution in [0.5, 0.6) is 5.75 Å². The van der Waals surface area contributed by atoms with Crippen LogP contribution in [0.15, 0.2) is 43.0 Å². The minimum atomic E-state index is 0. The highest BCUT2D eigenvalue weighted by Crippen LogP contribution is 2.33. The Morgan fingerprint density at radius 1 is 1.03 bits per heavy atom. The van der Waals surface area contributed by atoms with Gasteiger partial charge >= 0.3 is 0 Å². The molecule has 3 aromatic rings. The molecule has 31 heavy (non-hydrogen) atoms. The number of likely N-dealkylation sites (N-methyl/N-ethyl adjacent to an activating group) is 1. The Bertz CT molecular complexity index is 984. The van der Waals surface area contributed by atoms with Crippen LogP contribution in [0.1, 0.15) is 24.1 Å². The average Bonchev–Trinajstić information content (AvgIpc) is 3.27. The zero-order chi connectivity index (χ0) is 20.8. The molecule has 0 unspecified atom stereocenters. The largest absolute Gasteiger partial charge is 0.491 e. The van der Waals surface area contributed by atoms with Gasteiger partial charge in [0, 0.05) is 61.6 Å². The van der Waals surface area contributed by atoms with Crippen LogP contribution >= 0.6 is 13.5 Å². The molecule has 8 nitrogen and oxygen atoms in total. The number of hydrogen-bond donors (Lipinski definition) is 3. The molecule has 0 radical (unpaired) electrons. The zero-order valence-electron chi connectivity index (χ0n) is 17.9. The maximum absolute atomic E-state index is 5.79. The van der Waals surface area contributed by atoms with Gasteiger partial charge in [0.25, 0.3) is 0 Å². The quantitative estimate of drug-likeness (QED) is 0.438. The van der Waals surface area contributed by atoms with Gasteiger partial charge in [-0.2, -0.15) is 13.5 Å². The Kier molecular flexibility index (Phi) is 8.02. The lowest BCUT2D eigenvalue weighted by Crippen LogP contribution is -2.18. The van der Waals surface area contributed by atoms with E-state index in [1.54, 1.807) is 6.33 Å². The summed E-state index contributed by atoms with van der Waals surface area (Å²) in [5.41, 5.74) is 4.03. The average molecular weight is 440 g/mol. The van der Waals surface area contributed by atoms with Gasteiger partial charge in [-0.15, -0.1) is 0 Å². The van der Waals surface area contributed by atoms with E-state index in [-0.39, 0.29) is 19.4 Å². The van der Waals surface area contributed by atoms with Crippen LogP contribution in [0.2, 0.25) is 0 Å². The maximum Gasteiger partial charge on any atom is 0.144 e. The number of fused-ring (bicyclic) bond motifs is 1. The summed E-state index contributed by atoms with van der Waals surface area (Å²) in [7, 11) is 1.93. The standard InChI is InChI=1S/C22H27N7O.H2S/c1-15(17-5-7-24-18-6-10-30-22(17)18)12-26-21-11-19(28-14-29-21)16-3-4-20(27-13-16)25-9-8-23-2;/h3-5,7,11,13-15,23H,6,8-10,12H2,1-2H3,(H,25,27)(H,26,28,29);1H2/t15-;/m1./s1. The summed E-state index contributed by atoms with van der Waals surface area (Å²) in [6.07, 6.45) is 6.16. The molecule has 0 aliphatic carbocycles. The molecule has 1 aliphatic heterocycles. The third kappa shape index (κ3) is 5.62. The first-order valence-corrected chi connectivity index (χ1v) is 10.3. The minimum absolute atomic E-state index is 0. The van der Waals surface area contributed by atoms with Gasteiger partial charge in [-0.05, 0) is 25.2 Å². The minimum Gasteiger partial charge on any atom is -0.491 e. The van der Waals surface area contributed by atoms with Crippen molar-refractivity contribution in [1.82, 2.24) is 25.3 Å².